The predicted molar refractivity (Wildman–Crippen MR) is 105 cm³/mol. The molecule has 0 radical (unpaired) electrons. The molecule has 0 aliphatic heterocycles. The highest BCUT2D eigenvalue weighted by Gasteiger charge is 2.25. The van der Waals surface area contributed by atoms with Gasteiger partial charge in [-0.3, -0.25) is 4.79 Å². The minimum Gasteiger partial charge on any atom is -0.301 e. The number of carbonyl (C=O) groups is 1. The van der Waals surface area contributed by atoms with Gasteiger partial charge in [0.1, 0.15) is 5.82 Å². The van der Waals surface area contributed by atoms with Crippen LogP contribution in [0, 0.1) is 11.7 Å². The van der Waals surface area contributed by atoms with Crippen molar-refractivity contribution in [2.75, 3.05) is 5.32 Å². The lowest BCUT2D eigenvalue weighted by Gasteiger charge is -2.20. The van der Waals surface area contributed by atoms with E-state index < -0.39 is 0 Å². The molecule has 6 heteroatoms. The summed E-state index contributed by atoms with van der Waals surface area (Å²) >= 11 is 7.29. The summed E-state index contributed by atoms with van der Waals surface area (Å²) in [6.45, 7) is 4.01. The van der Waals surface area contributed by atoms with E-state index in [1.807, 2.05) is 31.4 Å². The molecule has 26 heavy (non-hydrogen) atoms. The highest BCUT2D eigenvalue weighted by molar-refractivity contribution is 7.14. The molecule has 0 unspecified atom stereocenters. The van der Waals surface area contributed by atoms with Crippen LogP contribution in [0.15, 0.2) is 53.9 Å². The molecule has 0 aliphatic carbocycles. The molecule has 3 aromatic rings. The van der Waals surface area contributed by atoms with Crippen LogP contribution >= 0.6 is 22.9 Å². The molecular weight excluding hydrogens is 371 g/mol. The van der Waals surface area contributed by atoms with Crippen molar-refractivity contribution in [3.05, 3.63) is 70.3 Å². The SMILES string of the molecule is CC(C)[C@@H](C(=O)Nc1nc(-c2ccc(F)cc2)cs1)c1ccc(Cl)cc1. The van der Waals surface area contributed by atoms with Crippen molar-refractivity contribution in [1.29, 1.82) is 0 Å². The van der Waals surface area contributed by atoms with Gasteiger partial charge in [0.05, 0.1) is 11.6 Å². The van der Waals surface area contributed by atoms with E-state index >= 15 is 0 Å². The smallest absolute Gasteiger partial charge is 0.233 e. The van der Waals surface area contributed by atoms with Gasteiger partial charge in [-0.2, -0.15) is 0 Å². The standard InChI is InChI=1S/C20H18ClFN2OS/c1-12(2)18(14-3-7-15(21)8-4-14)19(25)24-20-23-17(11-26-20)13-5-9-16(22)10-6-13/h3-12,18H,1-2H3,(H,23,24,25)/t18-/m1/s1. The number of benzene rings is 2. The second-order valence-electron chi connectivity index (χ2n) is 6.31. The second kappa shape index (κ2) is 7.98. The van der Waals surface area contributed by atoms with Gasteiger partial charge in [0.15, 0.2) is 5.13 Å². The van der Waals surface area contributed by atoms with Gasteiger partial charge in [-0.25, -0.2) is 9.37 Å². The number of carbonyl (C=O) groups excluding carboxylic acids is 1. The maximum Gasteiger partial charge on any atom is 0.233 e. The first-order chi connectivity index (χ1) is 12.4. The van der Waals surface area contributed by atoms with Crippen molar-refractivity contribution in [3.8, 4) is 11.3 Å². The van der Waals surface area contributed by atoms with Gasteiger partial charge < -0.3 is 5.32 Å². The Morgan fingerprint density at radius 2 is 1.77 bits per heavy atom. The van der Waals surface area contributed by atoms with Crippen LogP contribution in [0.2, 0.25) is 5.02 Å². The average Bonchev–Trinajstić information content (AvgIpc) is 3.05. The molecule has 1 amide bonds. The maximum absolute atomic E-state index is 13.0. The summed E-state index contributed by atoms with van der Waals surface area (Å²) in [5, 5.41) is 5.90. The van der Waals surface area contributed by atoms with Gasteiger partial charge >= 0.3 is 0 Å². The number of hydrogen-bond acceptors (Lipinski definition) is 3. The number of amides is 1. The largest absolute Gasteiger partial charge is 0.301 e. The Kier molecular flexibility index (Phi) is 5.69. The summed E-state index contributed by atoms with van der Waals surface area (Å²) < 4.78 is 13.0. The zero-order valence-electron chi connectivity index (χ0n) is 14.4. The molecular formula is C20H18ClFN2OS. The first kappa shape index (κ1) is 18.5. The Morgan fingerprint density at radius 3 is 2.38 bits per heavy atom. The van der Waals surface area contributed by atoms with Gasteiger partial charge in [0, 0.05) is 16.0 Å². The highest BCUT2D eigenvalue weighted by Crippen LogP contribution is 2.29. The van der Waals surface area contributed by atoms with Crippen molar-refractivity contribution < 1.29 is 9.18 Å². The molecule has 134 valence electrons. The third-order valence-corrected chi connectivity index (χ3v) is 5.06. The van der Waals surface area contributed by atoms with Crippen LogP contribution in [0.3, 0.4) is 0 Å². The Balaban J connectivity index is 1.77. The number of nitrogens with zero attached hydrogens (tertiary/aromatic N) is 1. The molecule has 2 aromatic carbocycles. The summed E-state index contributed by atoms with van der Waals surface area (Å²) in [4.78, 5) is 17.2. The molecule has 0 saturated heterocycles. The third-order valence-electron chi connectivity index (χ3n) is 4.05. The Morgan fingerprint density at radius 1 is 1.12 bits per heavy atom. The Bertz CT molecular complexity index is 891. The van der Waals surface area contributed by atoms with Crippen LogP contribution in [0.5, 0.6) is 0 Å². The lowest BCUT2D eigenvalue weighted by molar-refractivity contribution is -0.118. The van der Waals surface area contributed by atoms with Gasteiger partial charge in [-0.1, -0.05) is 37.6 Å². The average molecular weight is 389 g/mol. The predicted octanol–water partition coefficient (Wildman–Crippen LogP) is 5.98. The second-order valence-corrected chi connectivity index (χ2v) is 7.60. The van der Waals surface area contributed by atoms with Crippen molar-refractivity contribution >= 4 is 34.0 Å². The lowest BCUT2D eigenvalue weighted by atomic mass is 9.88. The van der Waals surface area contributed by atoms with Gasteiger partial charge in [0.25, 0.3) is 0 Å². The van der Waals surface area contributed by atoms with E-state index in [1.54, 1.807) is 24.3 Å². The van der Waals surface area contributed by atoms with Gasteiger partial charge in [-0.05, 0) is 47.9 Å². The lowest BCUT2D eigenvalue weighted by Crippen LogP contribution is -2.25. The molecule has 3 rings (SSSR count). The van der Waals surface area contributed by atoms with E-state index in [-0.39, 0.29) is 23.6 Å². The van der Waals surface area contributed by atoms with Gasteiger partial charge in [0.2, 0.25) is 5.91 Å². The number of nitrogens with one attached hydrogen (secondary N) is 1. The quantitative estimate of drug-likeness (QED) is 0.584. The summed E-state index contributed by atoms with van der Waals surface area (Å²) in [6.07, 6.45) is 0. The number of thiazole rings is 1. The number of rotatable bonds is 5. The summed E-state index contributed by atoms with van der Waals surface area (Å²) in [5.41, 5.74) is 2.43. The Hall–Kier alpha value is -2.24. The number of aromatic nitrogens is 1. The molecule has 1 aromatic heterocycles. The van der Waals surface area contributed by atoms with E-state index in [4.69, 9.17) is 11.6 Å². The van der Waals surface area contributed by atoms with Crippen molar-refractivity contribution in [3.63, 3.8) is 0 Å². The first-order valence-electron chi connectivity index (χ1n) is 8.22. The number of hydrogen-bond donors (Lipinski definition) is 1. The molecule has 1 heterocycles. The fourth-order valence-electron chi connectivity index (χ4n) is 2.78. The van der Waals surface area contributed by atoms with Crippen LogP contribution < -0.4 is 5.32 Å². The van der Waals surface area contributed by atoms with E-state index in [1.165, 1.54) is 23.5 Å². The fraction of sp³-hybridized carbons (Fsp3) is 0.200. The summed E-state index contributed by atoms with van der Waals surface area (Å²) in [7, 11) is 0. The van der Waals surface area contributed by atoms with Crippen LogP contribution in [0.1, 0.15) is 25.3 Å². The topological polar surface area (TPSA) is 42.0 Å². The zero-order valence-corrected chi connectivity index (χ0v) is 15.9. The molecule has 0 saturated carbocycles. The summed E-state index contributed by atoms with van der Waals surface area (Å²) in [6, 6.07) is 13.4. The monoisotopic (exact) mass is 388 g/mol. The summed E-state index contributed by atoms with van der Waals surface area (Å²) in [5.74, 6) is -0.583. The fourth-order valence-corrected chi connectivity index (χ4v) is 3.63. The van der Waals surface area contributed by atoms with Crippen molar-refractivity contribution in [2.45, 2.75) is 19.8 Å². The molecule has 1 atom stereocenters. The van der Waals surface area contributed by atoms with E-state index in [9.17, 15) is 9.18 Å². The normalized spacial score (nSPS) is 12.2. The molecule has 0 fully saturated rings. The number of anilines is 1. The molecule has 0 spiro atoms. The van der Waals surface area contributed by atoms with Crippen molar-refractivity contribution in [1.82, 2.24) is 4.98 Å². The Labute approximate surface area is 160 Å². The molecule has 0 aliphatic rings. The highest BCUT2D eigenvalue weighted by atomic mass is 35.5. The van der Waals surface area contributed by atoms with E-state index in [0.29, 0.717) is 15.8 Å². The van der Waals surface area contributed by atoms with Gasteiger partial charge in [-0.15, -0.1) is 11.3 Å². The molecule has 3 nitrogen and oxygen atoms in total. The first-order valence-corrected chi connectivity index (χ1v) is 9.47. The number of halogens is 2. The maximum atomic E-state index is 13.0. The van der Waals surface area contributed by atoms with Crippen LogP contribution in [-0.2, 0) is 4.79 Å². The van der Waals surface area contributed by atoms with Crippen LogP contribution in [0.25, 0.3) is 11.3 Å². The third kappa shape index (κ3) is 4.29. The van der Waals surface area contributed by atoms with E-state index in [2.05, 4.69) is 10.3 Å². The molecule has 0 bridgehead atoms. The van der Waals surface area contributed by atoms with Crippen molar-refractivity contribution in [2.24, 2.45) is 5.92 Å². The molecule has 1 N–H and O–H groups in total. The minimum absolute atomic E-state index is 0.109. The van der Waals surface area contributed by atoms with Crippen LogP contribution in [-0.4, -0.2) is 10.9 Å². The van der Waals surface area contributed by atoms with E-state index in [0.717, 1.165) is 11.1 Å². The van der Waals surface area contributed by atoms with Crippen LogP contribution in [0.4, 0.5) is 9.52 Å². The zero-order chi connectivity index (χ0) is 18.7. The minimum atomic E-state index is -0.301.